The molecule has 0 radical (unpaired) electrons. The molecule has 112 valence electrons. The topological polar surface area (TPSA) is 30.5 Å². The molecule has 3 heteroatoms. The van der Waals surface area contributed by atoms with Gasteiger partial charge in [-0.15, -0.1) is 0 Å². The lowest BCUT2D eigenvalue weighted by molar-refractivity contribution is 0.179. The molecular formula is C17H27NO2. The van der Waals surface area contributed by atoms with Gasteiger partial charge in [0.05, 0.1) is 25.4 Å². The summed E-state index contributed by atoms with van der Waals surface area (Å²) in [6, 6.07) is 6.79. The van der Waals surface area contributed by atoms with E-state index in [0.717, 1.165) is 24.0 Å². The second kappa shape index (κ2) is 6.04. The van der Waals surface area contributed by atoms with E-state index in [1.165, 1.54) is 18.4 Å². The molecular weight excluding hydrogens is 250 g/mol. The highest BCUT2D eigenvalue weighted by molar-refractivity contribution is 5.59. The van der Waals surface area contributed by atoms with E-state index in [1.54, 1.807) is 14.2 Å². The molecule has 1 atom stereocenters. The molecule has 0 aromatic heterocycles. The molecule has 1 N–H and O–H groups in total. The predicted octanol–water partition coefficient (Wildman–Crippen LogP) is 3.83. The van der Waals surface area contributed by atoms with Crippen molar-refractivity contribution in [3.63, 3.8) is 0 Å². The Kier molecular flexibility index (Phi) is 4.59. The van der Waals surface area contributed by atoms with Crippen molar-refractivity contribution in [2.75, 3.05) is 26.1 Å². The highest BCUT2D eigenvalue weighted by Gasteiger charge is 2.31. The summed E-state index contributed by atoms with van der Waals surface area (Å²) in [6.45, 7) is 7.43. The normalized spacial score (nSPS) is 16.9. The first-order valence-electron chi connectivity index (χ1n) is 7.39. The van der Waals surface area contributed by atoms with Gasteiger partial charge in [0.1, 0.15) is 5.75 Å². The number of rotatable bonds is 6. The van der Waals surface area contributed by atoms with Gasteiger partial charge in [0.2, 0.25) is 0 Å². The molecule has 1 fully saturated rings. The Morgan fingerprint density at radius 3 is 2.45 bits per heavy atom. The van der Waals surface area contributed by atoms with Crippen LogP contribution in [0.25, 0.3) is 0 Å². The summed E-state index contributed by atoms with van der Waals surface area (Å²) < 4.78 is 10.8. The predicted molar refractivity (Wildman–Crippen MR) is 83.7 cm³/mol. The fourth-order valence-electron chi connectivity index (χ4n) is 2.46. The average Bonchev–Trinajstić information content (AvgIpc) is 3.21. The third-order valence-corrected chi connectivity index (χ3v) is 3.94. The Labute approximate surface area is 122 Å². The minimum Gasteiger partial charge on any atom is -0.495 e. The van der Waals surface area contributed by atoms with Crippen LogP contribution in [0.1, 0.15) is 39.2 Å². The molecule has 1 aromatic carbocycles. The molecule has 1 saturated carbocycles. The Morgan fingerprint density at radius 1 is 1.25 bits per heavy atom. The van der Waals surface area contributed by atoms with Crippen LogP contribution in [0, 0.1) is 5.92 Å². The number of anilines is 1. The fourth-order valence-corrected chi connectivity index (χ4v) is 2.46. The van der Waals surface area contributed by atoms with E-state index in [2.05, 4.69) is 44.3 Å². The number of methoxy groups -OCH3 is 2. The smallest absolute Gasteiger partial charge is 0.141 e. The third-order valence-electron chi connectivity index (χ3n) is 3.94. The molecule has 0 bridgehead atoms. The zero-order valence-corrected chi connectivity index (χ0v) is 13.3. The van der Waals surface area contributed by atoms with E-state index in [-0.39, 0.29) is 5.41 Å². The van der Waals surface area contributed by atoms with Gasteiger partial charge in [-0.05, 0) is 41.9 Å². The van der Waals surface area contributed by atoms with Crippen LogP contribution < -0.4 is 10.1 Å². The minimum absolute atomic E-state index is 0.138. The fraction of sp³-hybridized carbons (Fsp3) is 0.647. The van der Waals surface area contributed by atoms with Gasteiger partial charge in [-0.3, -0.25) is 0 Å². The largest absolute Gasteiger partial charge is 0.495 e. The molecule has 1 aliphatic carbocycles. The number of hydrogen-bond donors (Lipinski definition) is 1. The van der Waals surface area contributed by atoms with Crippen molar-refractivity contribution < 1.29 is 9.47 Å². The van der Waals surface area contributed by atoms with Gasteiger partial charge in [-0.25, -0.2) is 0 Å². The van der Waals surface area contributed by atoms with E-state index in [0.29, 0.717) is 6.04 Å². The Morgan fingerprint density at radius 2 is 1.95 bits per heavy atom. The quantitative estimate of drug-likeness (QED) is 0.857. The van der Waals surface area contributed by atoms with Gasteiger partial charge in [0.15, 0.2) is 0 Å². The van der Waals surface area contributed by atoms with Crippen molar-refractivity contribution in [1.82, 2.24) is 0 Å². The zero-order chi connectivity index (χ0) is 14.8. The number of ether oxygens (including phenoxy) is 2. The van der Waals surface area contributed by atoms with Crippen LogP contribution in [0.4, 0.5) is 5.69 Å². The van der Waals surface area contributed by atoms with Crippen LogP contribution in [-0.2, 0) is 10.2 Å². The first-order valence-corrected chi connectivity index (χ1v) is 7.39. The highest BCUT2D eigenvalue weighted by atomic mass is 16.5. The van der Waals surface area contributed by atoms with E-state index in [4.69, 9.17) is 9.47 Å². The van der Waals surface area contributed by atoms with Crippen LogP contribution in [-0.4, -0.2) is 26.9 Å². The number of benzene rings is 1. The lowest BCUT2D eigenvalue weighted by Gasteiger charge is -2.24. The first-order chi connectivity index (χ1) is 9.45. The molecule has 0 aliphatic heterocycles. The molecule has 1 aromatic rings. The summed E-state index contributed by atoms with van der Waals surface area (Å²) in [7, 11) is 3.49. The van der Waals surface area contributed by atoms with Crippen molar-refractivity contribution in [3.8, 4) is 5.75 Å². The summed E-state index contributed by atoms with van der Waals surface area (Å²) in [4.78, 5) is 0. The molecule has 1 unspecified atom stereocenters. The van der Waals surface area contributed by atoms with Crippen LogP contribution in [0.15, 0.2) is 18.2 Å². The molecule has 20 heavy (non-hydrogen) atoms. The van der Waals surface area contributed by atoms with E-state index < -0.39 is 0 Å². The van der Waals surface area contributed by atoms with E-state index in [9.17, 15) is 0 Å². The standard InChI is InChI=1S/C17H27NO2/c1-17(2,3)13-8-9-16(20-5)14(10-13)18-15(11-19-4)12-6-7-12/h8-10,12,15,18H,6-7,11H2,1-5H3. The lowest BCUT2D eigenvalue weighted by atomic mass is 9.86. The van der Waals surface area contributed by atoms with Gasteiger partial charge in [0.25, 0.3) is 0 Å². The molecule has 2 rings (SSSR count). The monoisotopic (exact) mass is 277 g/mol. The Bertz CT molecular complexity index is 447. The van der Waals surface area contributed by atoms with Gasteiger partial charge in [0, 0.05) is 7.11 Å². The summed E-state index contributed by atoms with van der Waals surface area (Å²) in [5.41, 5.74) is 2.53. The second-order valence-corrected chi connectivity index (χ2v) is 6.71. The first kappa shape index (κ1) is 15.2. The van der Waals surface area contributed by atoms with Crippen molar-refractivity contribution >= 4 is 5.69 Å². The summed E-state index contributed by atoms with van der Waals surface area (Å²) in [5, 5.41) is 3.62. The maximum Gasteiger partial charge on any atom is 0.141 e. The SMILES string of the molecule is COCC(Nc1cc(C(C)(C)C)ccc1OC)C1CC1. The van der Waals surface area contributed by atoms with Crippen LogP contribution in [0.5, 0.6) is 5.75 Å². The summed E-state index contributed by atoms with van der Waals surface area (Å²) >= 11 is 0. The lowest BCUT2D eigenvalue weighted by Crippen LogP contribution is -2.27. The molecule has 3 nitrogen and oxygen atoms in total. The summed E-state index contributed by atoms with van der Waals surface area (Å²) in [5.74, 6) is 1.64. The number of nitrogens with one attached hydrogen (secondary N) is 1. The Hall–Kier alpha value is -1.22. The van der Waals surface area contributed by atoms with E-state index in [1.807, 2.05) is 0 Å². The van der Waals surface area contributed by atoms with Crippen molar-refractivity contribution in [2.24, 2.45) is 5.92 Å². The maximum atomic E-state index is 5.49. The van der Waals surface area contributed by atoms with Crippen molar-refractivity contribution in [2.45, 2.75) is 45.1 Å². The third kappa shape index (κ3) is 3.66. The zero-order valence-electron chi connectivity index (χ0n) is 13.3. The van der Waals surface area contributed by atoms with Crippen LogP contribution in [0.2, 0.25) is 0 Å². The van der Waals surface area contributed by atoms with Gasteiger partial charge in [-0.1, -0.05) is 26.8 Å². The van der Waals surface area contributed by atoms with Crippen molar-refractivity contribution in [3.05, 3.63) is 23.8 Å². The van der Waals surface area contributed by atoms with Gasteiger partial charge < -0.3 is 14.8 Å². The molecule has 0 amide bonds. The molecule has 0 saturated heterocycles. The second-order valence-electron chi connectivity index (χ2n) is 6.71. The molecule has 0 spiro atoms. The van der Waals surface area contributed by atoms with Crippen LogP contribution in [0.3, 0.4) is 0 Å². The van der Waals surface area contributed by atoms with Crippen molar-refractivity contribution in [1.29, 1.82) is 0 Å². The molecule has 1 aliphatic rings. The van der Waals surface area contributed by atoms with Gasteiger partial charge in [-0.2, -0.15) is 0 Å². The molecule has 0 heterocycles. The number of hydrogen-bond acceptors (Lipinski definition) is 3. The average molecular weight is 277 g/mol. The minimum atomic E-state index is 0.138. The Balaban J connectivity index is 2.23. The highest BCUT2D eigenvalue weighted by Crippen LogP contribution is 2.37. The van der Waals surface area contributed by atoms with Gasteiger partial charge >= 0.3 is 0 Å². The van der Waals surface area contributed by atoms with E-state index >= 15 is 0 Å². The summed E-state index contributed by atoms with van der Waals surface area (Å²) in [6.07, 6.45) is 2.59. The maximum absolute atomic E-state index is 5.49. The van der Waals surface area contributed by atoms with Crippen LogP contribution >= 0.6 is 0 Å².